The summed E-state index contributed by atoms with van der Waals surface area (Å²) in [5.41, 5.74) is 1.64. The number of amides is 1. The van der Waals surface area contributed by atoms with Gasteiger partial charge in [0.1, 0.15) is 11.2 Å². The second kappa shape index (κ2) is 8.21. The molecule has 2 aromatic carbocycles. The molecule has 6 heteroatoms. The van der Waals surface area contributed by atoms with E-state index >= 15 is 0 Å². The summed E-state index contributed by atoms with van der Waals surface area (Å²) in [6.07, 6.45) is 2.15. The van der Waals surface area contributed by atoms with Crippen LogP contribution in [0.15, 0.2) is 48.5 Å². The Labute approximate surface area is 168 Å². The molecule has 0 radical (unpaired) electrons. The van der Waals surface area contributed by atoms with E-state index in [0.717, 1.165) is 30.7 Å². The summed E-state index contributed by atoms with van der Waals surface area (Å²) in [4.78, 5) is 17.1. The minimum Gasteiger partial charge on any atom is -0.325 e. The fourth-order valence-corrected chi connectivity index (χ4v) is 5.14. The molecule has 142 valence electrons. The van der Waals surface area contributed by atoms with Crippen LogP contribution in [0.3, 0.4) is 0 Å². The molecule has 1 amide bonds. The smallest absolute Gasteiger partial charge is 0.237 e. The Kier molecular flexibility index (Phi) is 5.71. The molecule has 1 aliphatic heterocycles. The molecule has 0 bridgehead atoms. The summed E-state index contributed by atoms with van der Waals surface area (Å²) in [5.74, 6) is 0.785. The Morgan fingerprint density at radius 1 is 1.19 bits per heavy atom. The number of thioether (sulfide) groups is 1. The van der Waals surface area contributed by atoms with Gasteiger partial charge in [0.25, 0.3) is 0 Å². The lowest BCUT2D eigenvalue weighted by Gasteiger charge is -2.29. The van der Waals surface area contributed by atoms with Crippen molar-refractivity contribution < 1.29 is 9.18 Å². The maximum Gasteiger partial charge on any atom is 0.237 e. The van der Waals surface area contributed by atoms with Gasteiger partial charge in [0.15, 0.2) is 0 Å². The number of benzene rings is 2. The molecule has 1 saturated heterocycles. The molecule has 2 fully saturated rings. The van der Waals surface area contributed by atoms with Gasteiger partial charge in [-0.3, -0.25) is 9.69 Å². The average Bonchev–Trinajstić information content (AvgIpc) is 3.40. The van der Waals surface area contributed by atoms with Gasteiger partial charge in [-0.1, -0.05) is 48.0 Å². The average molecular weight is 405 g/mol. The molecule has 1 saturated carbocycles. The minimum atomic E-state index is -0.207. The summed E-state index contributed by atoms with van der Waals surface area (Å²) in [6.45, 7) is 1.51. The van der Waals surface area contributed by atoms with Crippen molar-refractivity contribution in [2.75, 3.05) is 18.8 Å². The molecule has 0 N–H and O–H groups in total. The normalized spacial score (nSPS) is 19.7. The molecule has 27 heavy (non-hydrogen) atoms. The van der Waals surface area contributed by atoms with E-state index in [2.05, 4.69) is 4.90 Å². The van der Waals surface area contributed by atoms with Gasteiger partial charge in [0.2, 0.25) is 5.91 Å². The molecule has 1 aliphatic carbocycles. The van der Waals surface area contributed by atoms with Gasteiger partial charge in [-0.15, -0.1) is 11.8 Å². The predicted octanol–water partition coefficient (Wildman–Crippen LogP) is 4.72. The van der Waals surface area contributed by atoms with Crippen LogP contribution in [-0.4, -0.2) is 40.6 Å². The van der Waals surface area contributed by atoms with Gasteiger partial charge in [0.05, 0.1) is 6.54 Å². The molecule has 1 unspecified atom stereocenters. The highest BCUT2D eigenvalue weighted by Crippen LogP contribution is 2.41. The highest BCUT2D eigenvalue weighted by molar-refractivity contribution is 7.99. The fraction of sp³-hybridized carbons (Fsp3) is 0.381. The van der Waals surface area contributed by atoms with Crippen LogP contribution in [0.25, 0.3) is 0 Å². The molecule has 4 rings (SSSR count). The number of rotatable bonds is 6. The predicted molar refractivity (Wildman–Crippen MR) is 108 cm³/mol. The highest BCUT2D eigenvalue weighted by Gasteiger charge is 2.36. The summed E-state index contributed by atoms with van der Waals surface area (Å²) in [7, 11) is 0. The Morgan fingerprint density at radius 2 is 1.93 bits per heavy atom. The largest absolute Gasteiger partial charge is 0.325 e. The number of carbonyl (C=O) groups excluding carboxylic acids is 1. The minimum absolute atomic E-state index is 0.0410. The third-order valence-electron chi connectivity index (χ3n) is 5.12. The van der Waals surface area contributed by atoms with E-state index < -0.39 is 0 Å². The first-order chi connectivity index (χ1) is 13.1. The zero-order valence-electron chi connectivity index (χ0n) is 15.0. The number of halogens is 2. The van der Waals surface area contributed by atoms with Gasteiger partial charge >= 0.3 is 0 Å². The Bertz CT molecular complexity index is 829. The molecule has 2 aromatic rings. The van der Waals surface area contributed by atoms with Crippen LogP contribution < -0.4 is 0 Å². The van der Waals surface area contributed by atoms with Crippen molar-refractivity contribution in [1.29, 1.82) is 0 Å². The molecule has 1 heterocycles. The van der Waals surface area contributed by atoms with Crippen molar-refractivity contribution in [3.63, 3.8) is 0 Å². The topological polar surface area (TPSA) is 23.6 Å². The first-order valence-corrected chi connectivity index (χ1v) is 10.7. The van der Waals surface area contributed by atoms with Crippen molar-refractivity contribution in [3.05, 3.63) is 70.5 Å². The van der Waals surface area contributed by atoms with Gasteiger partial charge in [-0.2, -0.15) is 0 Å². The molecule has 0 aromatic heterocycles. The molecule has 0 spiro atoms. The first-order valence-electron chi connectivity index (χ1n) is 9.26. The van der Waals surface area contributed by atoms with Crippen LogP contribution in [0.5, 0.6) is 0 Å². The van der Waals surface area contributed by atoms with Crippen LogP contribution in [0.4, 0.5) is 4.39 Å². The Balaban J connectivity index is 1.48. The van der Waals surface area contributed by atoms with Gasteiger partial charge < -0.3 is 4.90 Å². The van der Waals surface area contributed by atoms with E-state index in [-0.39, 0.29) is 17.1 Å². The third-order valence-corrected chi connectivity index (χ3v) is 6.70. The van der Waals surface area contributed by atoms with Crippen molar-refractivity contribution in [2.45, 2.75) is 30.8 Å². The van der Waals surface area contributed by atoms with Crippen LogP contribution in [-0.2, 0) is 11.3 Å². The van der Waals surface area contributed by atoms with Crippen molar-refractivity contribution in [2.24, 2.45) is 0 Å². The monoisotopic (exact) mass is 404 g/mol. The summed E-state index contributed by atoms with van der Waals surface area (Å²) < 4.78 is 14.1. The van der Waals surface area contributed by atoms with Gasteiger partial charge in [-0.25, -0.2) is 4.39 Å². The summed E-state index contributed by atoms with van der Waals surface area (Å²) in [6, 6.07) is 14.9. The third kappa shape index (κ3) is 4.31. The van der Waals surface area contributed by atoms with Crippen LogP contribution >= 0.6 is 23.4 Å². The second-order valence-corrected chi connectivity index (χ2v) is 8.65. The van der Waals surface area contributed by atoms with E-state index in [1.54, 1.807) is 23.9 Å². The van der Waals surface area contributed by atoms with E-state index in [4.69, 9.17) is 11.6 Å². The van der Waals surface area contributed by atoms with Crippen LogP contribution in [0.1, 0.15) is 29.3 Å². The zero-order chi connectivity index (χ0) is 18.8. The first kappa shape index (κ1) is 18.8. The van der Waals surface area contributed by atoms with Crippen molar-refractivity contribution in [1.82, 2.24) is 9.80 Å². The Morgan fingerprint density at radius 3 is 2.67 bits per heavy atom. The number of hydrogen-bond donors (Lipinski definition) is 0. The van der Waals surface area contributed by atoms with Gasteiger partial charge in [-0.05, 0) is 25.0 Å². The van der Waals surface area contributed by atoms with Crippen molar-refractivity contribution in [3.8, 4) is 0 Å². The Hall–Kier alpha value is -1.56. The lowest BCUT2D eigenvalue weighted by Crippen LogP contribution is -2.40. The fourth-order valence-electron chi connectivity index (χ4n) is 3.52. The molecule has 3 nitrogen and oxygen atoms in total. The van der Waals surface area contributed by atoms with Gasteiger partial charge in [0, 0.05) is 41.0 Å². The summed E-state index contributed by atoms with van der Waals surface area (Å²) >= 11 is 8.11. The highest BCUT2D eigenvalue weighted by atomic mass is 35.5. The van der Waals surface area contributed by atoms with Crippen LogP contribution in [0.2, 0.25) is 5.02 Å². The lowest BCUT2D eigenvalue weighted by atomic mass is 10.2. The second-order valence-electron chi connectivity index (χ2n) is 7.06. The van der Waals surface area contributed by atoms with E-state index in [1.807, 2.05) is 35.2 Å². The molecular formula is C21H22ClFN2OS. The standard InChI is InChI=1S/C21H22ClFN2OS/c22-18-7-3-2-6-17(18)21-25(11-12-27-21)20(26)14-24(16-9-10-16)13-15-5-1-4-8-19(15)23/h1-8,16,21H,9-14H2. The van der Waals surface area contributed by atoms with Crippen LogP contribution in [0, 0.1) is 5.82 Å². The quantitative estimate of drug-likeness (QED) is 0.696. The van der Waals surface area contributed by atoms with E-state index in [1.165, 1.54) is 6.07 Å². The molecule has 1 atom stereocenters. The maximum absolute atomic E-state index is 14.1. The summed E-state index contributed by atoms with van der Waals surface area (Å²) in [5, 5.41) is 0.654. The SMILES string of the molecule is O=C(CN(Cc1ccccc1F)C1CC1)N1CCSC1c1ccccc1Cl. The maximum atomic E-state index is 14.1. The number of nitrogens with zero attached hydrogens (tertiary/aromatic N) is 2. The zero-order valence-corrected chi connectivity index (χ0v) is 16.6. The van der Waals surface area contributed by atoms with Crippen molar-refractivity contribution >= 4 is 29.3 Å². The van der Waals surface area contributed by atoms with E-state index in [0.29, 0.717) is 29.7 Å². The number of carbonyl (C=O) groups is 1. The molecular weight excluding hydrogens is 383 g/mol. The van der Waals surface area contributed by atoms with E-state index in [9.17, 15) is 9.18 Å². The lowest BCUT2D eigenvalue weighted by molar-refractivity contribution is -0.132. The molecule has 2 aliphatic rings. The number of hydrogen-bond acceptors (Lipinski definition) is 3.